The van der Waals surface area contributed by atoms with Crippen molar-refractivity contribution >= 4 is 5.91 Å². The molecular weight excluding hydrogens is 190 g/mol. The molecule has 1 aromatic carbocycles. The highest BCUT2D eigenvalue weighted by molar-refractivity contribution is 5.94. The minimum atomic E-state index is -0.117. The summed E-state index contributed by atoms with van der Waals surface area (Å²) in [5.74, 6) is 0.606. The molecule has 80 valence electrons. The monoisotopic (exact) mass is 205 g/mol. The highest BCUT2D eigenvalue weighted by Gasteiger charge is 2.06. The third-order valence-corrected chi connectivity index (χ3v) is 2.08. The van der Waals surface area contributed by atoms with Gasteiger partial charge in [0.2, 0.25) is 0 Å². The van der Waals surface area contributed by atoms with Gasteiger partial charge in [0.05, 0.1) is 7.11 Å². The molecule has 0 aliphatic carbocycles. The first-order valence-electron chi connectivity index (χ1n) is 4.72. The van der Waals surface area contributed by atoms with E-state index in [0.29, 0.717) is 12.1 Å². The zero-order valence-corrected chi connectivity index (χ0v) is 9.04. The van der Waals surface area contributed by atoms with Crippen molar-refractivity contribution < 1.29 is 9.53 Å². The van der Waals surface area contributed by atoms with Crippen LogP contribution in [0.5, 0.6) is 5.75 Å². The maximum absolute atomic E-state index is 11.6. The summed E-state index contributed by atoms with van der Waals surface area (Å²) in [4.78, 5) is 11.6. The third-order valence-electron chi connectivity index (χ3n) is 2.08. The fourth-order valence-corrected chi connectivity index (χ4v) is 1.23. The molecule has 3 nitrogen and oxygen atoms in total. The fraction of sp³-hybridized carbons (Fsp3) is 0.250. The first-order chi connectivity index (χ1) is 7.19. The molecule has 0 aromatic heterocycles. The lowest BCUT2D eigenvalue weighted by molar-refractivity contribution is 0.0957. The smallest absolute Gasteiger partial charge is 0.251 e. The number of hydrogen-bond acceptors (Lipinski definition) is 2. The zero-order chi connectivity index (χ0) is 11.3. The number of aryl methyl sites for hydroxylation is 1. The number of amides is 1. The number of ether oxygens (including phenoxy) is 1. The minimum Gasteiger partial charge on any atom is -0.496 e. The Morgan fingerprint density at radius 3 is 2.93 bits per heavy atom. The summed E-state index contributed by atoms with van der Waals surface area (Å²) in [5, 5.41) is 2.71. The van der Waals surface area contributed by atoms with Crippen LogP contribution in [-0.2, 0) is 0 Å². The summed E-state index contributed by atoms with van der Waals surface area (Å²) in [6, 6.07) is 5.37. The average molecular weight is 205 g/mol. The normalized spacial score (nSPS) is 9.47. The SMILES string of the molecule is C=CCNC(=O)c1ccc(C)c(OC)c1. The molecule has 0 fully saturated rings. The second kappa shape index (κ2) is 5.20. The quantitative estimate of drug-likeness (QED) is 0.763. The van der Waals surface area contributed by atoms with Crippen LogP contribution in [0.15, 0.2) is 30.9 Å². The lowest BCUT2D eigenvalue weighted by atomic mass is 10.1. The van der Waals surface area contributed by atoms with E-state index >= 15 is 0 Å². The Labute approximate surface area is 89.8 Å². The molecule has 0 saturated carbocycles. The Balaban J connectivity index is 2.85. The lowest BCUT2D eigenvalue weighted by Gasteiger charge is -2.07. The summed E-state index contributed by atoms with van der Waals surface area (Å²) in [7, 11) is 1.59. The van der Waals surface area contributed by atoms with Gasteiger partial charge in [0, 0.05) is 12.1 Å². The summed E-state index contributed by atoms with van der Waals surface area (Å²) >= 11 is 0. The van der Waals surface area contributed by atoms with E-state index in [0.717, 1.165) is 11.3 Å². The lowest BCUT2D eigenvalue weighted by Crippen LogP contribution is -2.23. The molecule has 0 saturated heterocycles. The van der Waals surface area contributed by atoms with Gasteiger partial charge in [0.25, 0.3) is 5.91 Å². The van der Waals surface area contributed by atoms with Gasteiger partial charge < -0.3 is 10.1 Å². The molecule has 3 heteroatoms. The first kappa shape index (κ1) is 11.3. The van der Waals surface area contributed by atoms with Gasteiger partial charge in [-0.25, -0.2) is 0 Å². The number of hydrogen-bond donors (Lipinski definition) is 1. The standard InChI is InChI=1S/C12H15NO2/c1-4-7-13-12(14)10-6-5-9(2)11(8-10)15-3/h4-6,8H,1,7H2,2-3H3,(H,13,14). The van der Waals surface area contributed by atoms with Gasteiger partial charge in [-0.15, -0.1) is 6.58 Å². The highest BCUT2D eigenvalue weighted by Crippen LogP contribution is 2.18. The van der Waals surface area contributed by atoms with Crippen LogP contribution in [0.2, 0.25) is 0 Å². The molecule has 1 N–H and O–H groups in total. The van der Waals surface area contributed by atoms with Crippen LogP contribution in [-0.4, -0.2) is 19.6 Å². The van der Waals surface area contributed by atoms with E-state index in [1.807, 2.05) is 13.0 Å². The largest absolute Gasteiger partial charge is 0.496 e. The molecule has 0 aliphatic heterocycles. The number of benzene rings is 1. The molecule has 0 spiro atoms. The van der Waals surface area contributed by atoms with Crippen LogP contribution in [0.4, 0.5) is 0 Å². The molecule has 1 rings (SSSR count). The molecular formula is C12H15NO2. The molecule has 0 bridgehead atoms. The van der Waals surface area contributed by atoms with Gasteiger partial charge in [0.1, 0.15) is 5.75 Å². The Kier molecular flexibility index (Phi) is 3.92. The minimum absolute atomic E-state index is 0.117. The van der Waals surface area contributed by atoms with Crippen molar-refractivity contribution in [3.8, 4) is 5.75 Å². The summed E-state index contributed by atoms with van der Waals surface area (Å²) in [6.07, 6.45) is 1.64. The van der Waals surface area contributed by atoms with Crippen LogP contribution in [0.3, 0.4) is 0 Å². The van der Waals surface area contributed by atoms with Crippen molar-refractivity contribution in [2.75, 3.05) is 13.7 Å². The number of carbonyl (C=O) groups excluding carboxylic acids is 1. The predicted octanol–water partition coefficient (Wildman–Crippen LogP) is 1.92. The van der Waals surface area contributed by atoms with Crippen LogP contribution in [0.25, 0.3) is 0 Å². The molecule has 1 amide bonds. The van der Waals surface area contributed by atoms with E-state index in [2.05, 4.69) is 11.9 Å². The Morgan fingerprint density at radius 1 is 1.60 bits per heavy atom. The van der Waals surface area contributed by atoms with E-state index in [4.69, 9.17) is 4.74 Å². The topological polar surface area (TPSA) is 38.3 Å². The maximum Gasteiger partial charge on any atom is 0.251 e. The molecule has 15 heavy (non-hydrogen) atoms. The van der Waals surface area contributed by atoms with Crippen LogP contribution < -0.4 is 10.1 Å². The summed E-state index contributed by atoms with van der Waals surface area (Å²) in [6.45, 7) is 5.94. The van der Waals surface area contributed by atoms with Crippen molar-refractivity contribution in [2.45, 2.75) is 6.92 Å². The van der Waals surface area contributed by atoms with Crippen molar-refractivity contribution in [3.63, 3.8) is 0 Å². The molecule has 0 unspecified atom stereocenters. The zero-order valence-electron chi connectivity index (χ0n) is 9.04. The van der Waals surface area contributed by atoms with Crippen molar-refractivity contribution in [3.05, 3.63) is 42.0 Å². The number of methoxy groups -OCH3 is 1. The number of rotatable bonds is 4. The molecule has 0 heterocycles. The Hall–Kier alpha value is -1.77. The predicted molar refractivity (Wildman–Crippen MR) is 60.3 cm³/mol. The molecule has 0 aliphatic rings. The van der Waals surface area contributed by atoms with Gasteiger partial charge in [0.15, 0.2) is 0 Å². The molecule has 0 atom stereocenters. The van der Waals surface area contributed by atoms with Crippen LogP contribution in [0, 0.1) is 6.92 Å². The van der Waals surface area contributed by atoms with Crippen LogP contribution in [0.1, 0.15) is 15.9 Å². The van der Waals surface area contributed by atoms with Gasteiger partial charge in [-0.3, -0.25) is 4.79 Å². The Morgan fingerprint density at radius 2 is 2.33 bits per heavy atom. The maximum atomic E-state index is 11.6. The van der Waals surface area contributed by atoms with Crippen molar-refractivity contribution in [1.82, 2.24) is 5.32 Å². The van der Waals surface area contributed by atoms with Crippen LogP contribution >= 0.6 is 0 Å². The first-order valence-corrected chi connectivity index (χ1v) is 4.72. The van der Waals surface area contributed by atoms with Crippen molar-refractivity contribution in [2.24, 2.45) is 0 Å². The van der Waals surface area contributed by atoms with Crippen molar-refractivity contribution in [1.29, 1.82) is 0 Å². The van der Waals surface area contributed by atoms with E-state index in [-0.39, 0.29) is 5.91 Å². The van der Waals surface area contributed by atoms with E-state index in [9.17, 15) is 4.79 Å². The summed E-state index contributed by atoms with van der Waals surface area (Å²) in [5.41, 5.74) is 1.61. The second-order valence-corrected chi connectivity index (χ2v) is 3.18. The van der Waals surface area contributed by atoms with Gasteiger partial charge in [-0.1, -0.05) is 12.1 Å². The van der Waals surface area contributed by atoms with E-state index < -0.39 is 0 Å². The van der Waals surface area contributed by atoms with Gasteiger partial charge in [-0.2, -0.15) is 0 Å². The van der Waals surface area contributed by atoms with Gasteiger partial charge >= 0.3 is 0 Å². The number of nitrogens with one attached hydrogen (secondary N) is 1. The van der Waals surface area contributed by atoms with E-state index in [1.54, 1.807) is 25.3 Å². The molecule has 0 radical (unpaired) electrons. The highest BCUT2D eigenvalue weighted by atomic mass is 16.5. The number of carbonyl (C=O) groups is 1. The van der Waals surface area contributed by atoms with Gasteiger partial charge in [-0.05, 0) is 24.6 Å². The average Bonchev–Trinajstić information content (AvgIpc) is 2.26. The Bertz CT molecular complexity index is 372. The fourth-order valence-electron chi connectivity index (χ4n) is 1.23. The molecule has 1 aromatic rings. The summed E-state index contributed by atoms with van der Waals surface area (Å²) < 4.78 is 5.14. The van der Waals surface area contributed by atoms with E-state index in [1.165, 1.54) is 0 Å². The second-order valence-electron chi connectivity index (χ2n) is 3.18. The third kappa shape index (κ3) is 2.84.